The van der Waals surface area contributed by atoms with E-state index in [9.17, 15) is 9.90 Å². The van der Waals surface area contributed by atoms with E-state index < -0.39 is 0 Å². The molecule has 1 aliphatic carbocycles. The molecule has 2 atom stereocenters. The zero-order valence-electron chi connectivity index (χ0n) is 26.1. The van der Waals surface area contributed by atoms with E-state index in [-0.39, 0.29) is 23.2 Å². The monoisotopic (exact) mass is 518 g/mol. The number of esters is 1. The summed E-state index contributed by atoms with van der Waals surface area (Å²) in [6.07, 6.45) is 17.2. The summed E-state index contributed by atoms with van der Waals surface area (Å²) >= 11 is 0. The second kappa shape index (κ2) is 23.4. The van der Waals surface area contributed by atoms with E-state index in [1.54, 1.807) is 6.08 Å². The van der Waals surface area contributed by atoms with Gasteiger partial charge in [0.25, 0.3) is 0 Å². The summed E-state index contributed by atoms with van der Waals surface area (Å²) in [4.78, 5) is 11.9. The van der Waals surface area contributed by atoms with Crippen LogP contribution >= 0.6 is 0 Å². The molecule has 1 aliphatic rings. The van der Waals surface area contributed by atoms with Gasteiger partial charge in [-0.25, -0.2) is 0 Å². The van der Waals surface area contributed by atoms with Crippen LogP contribution in [0.25, 0.3) is 0 Å². The summed E-state index contributed by atoms with van der Waals surface area (Å²) in [6.45, 7) is 20.5. The lowest BCUT2D eigenvalue weighted by Crippen LogP contribution is -2.23. The Hall–Kier alpha value is -1.77. The van der Waals surface area contributed by atoms with Crippen molar-refractivity contribution in [1.82, 2.24) is 0 Å². The number of carbonyl (C=O) groups is 1. The Kier molecular flexibility index (Phi) is 23.6. The van der Waals surface area contributed by atoms with Gasteiger partial charge in [-0.2, -0.15) is 0 Å². The first-order valence-corrected chi connectivity index (χ1v) is 15.2. The molecule has 2 rings (SSSR count). The molecule has 1 N–H and O–H groups in total. The molecular formula is C34H62O3. The van der Waals surface area contributed by atoms with Crippen molar-refractivity contribution in [2.45, 2.75) is 150 Å². The van der Waals surface area contributed by atoms with Crippen molar-refractivity contribution in [2.24, 2.45) is 5.92 Å². The van der Waals surface area contributed by atoms with Gasteiger partial charge < -0.3 is 9.84 Å². The summed E-state index contributed by atoms with van der Waals surface area (Å²) in [5.41, 5.74) is 2.27. The van der Waals surface area contributed by atoms with E-state index in [1.165, 1.54) is 64.0 Å². The van der Waals surface area contributed by atoms with Gasteiger partial charge in [0.15, 0.2) is 0 Å². The molecule has 0 aliphatic heterocycles. The molecule has 37 heavy (non-hydrogen) atoms. The second-order valence-corrected chi connectivity index (χ2v) is 10.7. The Morgan fingerprint density at radius 2 is 1.57 bits per heavy atom. The third kappa shape index (κ3) is 15.9. The smallest absolute Gasteiger partial charge is 0.308 e. The number of allylic oxidation sites excluding steroid dienone is 1. The van der Waals surface area contributed by atoms with E-state index in [0.717, 1.165) is 37.7 Å². The van der Waals surface area contributed by atoms with Crippen molar-refractivity contribution >= 4 is 5.97 Å². The van der Waals surface area contributed by atoms with Crippen LogP contribution in [0.5, 0.6) is 5.75 Å². The van der Waals surface area contributed by atoms with Crippen LogP contribution in [0, 0.1) is 5.92 Å². The first-order chi connectivity index (χ1) is 17.7. The fraction of sp³-hybridized carbons (Fsp3) is 0.735. The van der Waals surface area contributed by atoms with Gasteiger partial charge in [0.05, 0.1) is 13.0 Å². The standard InChI is InChI=1S/C23H36O3.C6H14.C3H6.C2H6/c1-5-6-7-8-14-23(2,3)19-12-13-20(21(24)16-19)17-10-9-11-18(15-17)22(25)26-4;1-3-5-6-4-2;1-3-2;1-2/h12-13,16-18,24H,5-11,14-15H2,1-4H3;3-6H2,1-2H3;3H,1H2,2H3;1-2H3. The normalized spacial score (nSPS) is 16.6. The number of ether oxygens (including phenoxy) is 1. The number of aromatic hydroxyl groups is 1. The first-order valence-electron chi connectivity index (χ1n) is 15.2. The number of hydrogen-bond donors (Lipinski definition) is 1. The molecule has 3 nitrogen and oxygen atoms in total. The highest BCUT2D eigenvalue weighted by Crippen LogP contribution is 2.42. The van der Waals surface area contributed by atoms with Crippen molar-refractivity contribution in [1.29, 1.82) is 0 Å². The second-order valence-electron chi connectivity index (χ2n) is 10.7. The van der Waals surface area contributed by atoms with Gasteiger partial charge in [0.2, 0.25) is 0 Å². The number of unbranched alkanes of at least 4 members (excludes halogenated alkanes) is 6. The minimum Gasteiger partial charge on any atom is -0.508 e. The maximum absolute atomic E-state index is 11.9. The van der Waals surface area contributed by atoms with Crippen LogP contribution in [0.1, 0.15) is 156 Å². The Balaban J connectivity index is 0. The number of phenolic OH excluding ortho intramolecular Hbond substituents is 1. The minimum absolute atomic E-state index is 0.0344. The molecule has 0 radical (unpaired) electrons. The van der Waals surface area contributed by atoms with E-state index in [2.05, 4.69) is 53.3 Å². The van der Waals surface area contributed by atoms with Crippen LogP contribution in [-0.2, 0) is 14.9 Å². The molecule has 1 aromatic carbocycles. The number of benzene rings is 1. The van der Waals surface area contributed by atoms with Crippen molar-refractivity contribution < 1.29 is 14.6 Å². The average Bonchev–Trinajstić information content (AvgIpc) is 2.91. The van der Waals surface area contributed by atoms with Crippen LogP contribution in [0.4, 0.5) is 0 Å². The maximum Gasteiger partial charge on any atom is 0.308 e. The Bertz CT molecular complexity index is 688. The van der Waals surface area contributed by atoms with Gasteiger partial charge >= 0.3 is 5.97 Å². The number of methoxy groups -OCH3 is 1. The molecule has 1 aromatic rings. The van der Waals surface area contributed by atoms with Crippen LogP contribution in [0.15, 0.2) is 30.9 Å². The van der Waals surface area contributed by atoms with Crippen molar-refractivity contribution in [3.63, 3.8) is 0 Å². The highest BCUT2D eigenvalue weighted by molar-refractivity contribution is 5.72. The molecule has 0 saturated heterocycles. The highest BCUT2D eigenvalue weighted by Gasteiger charge is 2.30. The van der Waals surface area contributed by atoms with E-state index in [1.807, 2.05) is 26.8 Å². The molecule has 0 amide bonds. The lowest BCUT2D eigenvalue weighted by atomic mass is 9.75. The van der Waals surface area contributed by atoms with Gasteiger partial charge in [-0.1, -0.05) is 124 Å². The third-order valence-corrected chi connectivity index (χ3v) is 7.07. The summed E-state index contributed by atoms with van der Waals surface area (Å²) in [6, 6.07) is 6.22. The molecule has 1 fully saturated rings. The molecule has 1 saturated carbocycles. The predicted octanol–water partition coefficient (Wildman–Crippen LogP) is 10.9. The quantitative estimate of drug-likeness (QED) is 0.180. The number of hydrogen-bond acceptors (Lipinski definition) is 3. The van der Waals surface area contributed by atoms with Crippen LogP contribution in [-0.4, -0.2) is 18.2 Å². The molecule has 2 unspecified atom stereocenters. The SMILES string of the molecule is C=CC.CC.CCCCCC.CCCCCCC(C)(C)c1ccc(C2CCCC(C(=O)OC)C2)c(O)c1. The van der Waals surface area contributed by atoms with Crippen LogP contribution < -0.4 is 0 Å². The fourth-order valence-electron chi connectivity index (χ4n) is 4.80. The Labute approximate surface area is 231 Å². The molecule has 216 valence electrons. The van der Waals surface area contributed by atoms with Crippen molar-refractivity contribution in [3.8, 4) is 5.75 Å². The topological polar surface area (TPSA) is 46.5 Å². The Morgan fingerprint density at radius 3 is 2.05 bits per heavy atom. The van der Waals surface area contributed by atoms with Gasteiger partial charge in [0.1, 0.15) is 5.75 Å². The van der Waals surface area contributed by atoms with Crippen molar-refractivity contribution in [2.75, 3.05) is 7.11 Å². The van der Waals surface area contributed by atoms with Gasteiger partial charge in [0, 0.05) is 0 Å². The molecule has 0 aromatic heterocycles. The summed E-state index contributed by atoms with van der Waals surface area (Å²) in [5, 5.41) is 10.7. The average molecular weight is 519 g/mol. The zero-order valence-corrected chi connectivity index (χ0v) is 26.1. The minimum atomic E-state index is -0.112. The van der Waals surface area contributed by atoms with E-state index in [4.69, 9.17) is 4.74 Å². The molecule has 3 heteroatoms. The first kappa shape index (κ1) is 37.4. The number of rotatable bonds is 11. The fourth-order valence-corrected chi connectivity index (χ4v) is 4.80. The zero-order chi connectivity index (χ0) is 28.7. The highest BCUT2D eigenvalue weighted by atomic mass is 16.5. The van der Waals surface area contributed by atoms with Crippen LogP contribution in [0.3, 0.4) is 0 Å². The Morgan fingerprint density at radius 1 is 1.03 bits per heavy atom. The summed E-state index contributed by atoms with van der Waals surface area (Å²) in [7, 11) is 1.46. The molecule has 0 heterocycles. The van der Waals surface area contributed by atoms with Crippen molar-refractivity contribution in [3.05, 3.63) is 42.0 Å². The predicted molar refractivity (Wildman–Crippen MR) is 164 cm³/mol. The van der Waals surface area contributed by atoms with E-state index >= 15 is 0 Å². The number of carbonyl (C=O) groups excluding carboxylic acids is 1. The molecule has 0 spiro atoms. The largest absolute Gasteiger partial charge is 0.508 e. The van der Waals surface area contributed by atoms with E-state index in [0.29, 0.717) is 5.75 Å². The van der Waals surface area contributed by atoms with Crippen LogP contribution in [0.2, 0.25) is 0 Å². The lowest BCUT2D eigenvalue weighted by Gasteiger charge is -2.30. The third-order valence-electron chi connectivity index (χ3n) is 7.07. The van der Waals surface area contributed by atoms with Gasteiger partial charge in [-0.15, -0.1) is 6.58 Å². The summed E-state index contributed by atoms with van der Waals surface area (Å²) < 4.78 is 4.92. The van der Waals surface area contributed by atoms with Gasteiger partial charge in [-0.3, -0.25) is 4.79 Å². The molecular weight excluding hydrogens is 456 g/mol. The maximum atomic E-state index is 11.9. The van der Waals surface area contributed by atoms with Gasteiger partial charge in [-0.05, 0) is 61.1 Å². The summed E-state index contributed by atoms with van der Waals surface area (Å²) in [5.74, 6) is 0.487. The molecule has 0 bridgehead atoms. The lowest BCUT2D eigenvalue weighted by molar-refractivity contribution is -0.146. The number of phenols is 1.